The molecule has 3 heterocycles. The number of piperazine rings is 1. The average Bonchev–Trinajstić information content (AvgIpc) is 3.28. The van der Waals surface area contributed by atoms with Crippen LogP contribution in [0.2, 0.25) is 0 Å². The van der Waals surface area contributed by atoms with Crippen molar-refractivity contribution in [3.63, 3.8) is 0 Å². The van der Waals surface area contributed by atoms with E-state index in [1.165, 1.54) is 6.92 Å². The molecule has 1 saturated heterocycles. The third-order valence-corrected chi connectivity index (χ3v) is 6.28. The van der Waals surface area contributed by atoms with Crippen molar-refractivity contribution in [2.75, 3.05) is 36.4 Å². The molecule has 0 saturated carbocycles. The molecule has 0 unspecified atom stereocenters. The molecule has 8 heteroatoms. The Morgan fingerprint density at radius 2 is 1.78 bits per heavy atom. The van der Waals surface area contributed by atoms with Crippen LogP contribution in [0, 0.1) is 0 Å². The third-order valence-electron chi connectivity index (χ3n) is 5.79. The maximum Gasteiger partial charge on any atom is 0.321 e. The highest BCUT2D eigenvalue weighted by Gasteiger charge is 2.24. The number of hydrogen-bond donors (Lipinski definition) is 1. The lowest BCUT2D eigenvalue weighted by Gasteiger charge is -2.35. The summed E-state index contributed by atoms with van der Waals surface area (Å²) in [5.41, 5.74) is 4.24. The lowest BCUT2D eigenvalue weighted by Crippen LogP contribution is -2.50. The number of carbonyl (C=O) groups excluding carboxylic acids is 2. The van der Waals surface area contributed by atoms with Crippen LogP contribution in [0.5, 0.6) is 0 Å². The van der Waals surface area contributed by atoms with E-state index in [0.29, 0.717) is 37.4 Å². The number of nitrogens with zero attached hydrogens (tertiary/aromatic N) is 4. The second-order valence-corrected chi connectivity index (χ2v) is 8.79. The predicted octanol–water partition coefficient (Wildman–Crippen LogP) is 4.81. The number of halogens is 1. The minimum atomic E-state index is -0.159. The summed E-state index contributed by atoms with van der Waals surface area (Å²) in [6.07, 6.45) is 2.05. The second kappa shape index (κ2) is 8.27. The first-order chi connectivity index (χ1) is 15.5. The number of benzene rings is 2. The number of urea groups is 1. The summed E-state index contributed by atoms with van der Waals surface area (Å²) in [5.74, 6) is 0.899. The van der Waals surface area contributed by atoms with Crippen LogP contribution in [0.25, 0.3) is 16.6 Å². The van der Waals surface area contributed by atoms with E-state index in [-0.39, 0.29) is 11.8 Å². The number of anilines is 2. The zero-order valence-corrected chi connectivity index (χ0v) is 19.2. The monoisotopic (exact) mass is 491 g/mol. The summed E-state index contributed by atoms with van der Waals surface area (Å²) in [4.78, 5) is 33.3. The van der Waals surface area contributed by atoms with Gasteiger partial charge in [0.1, 0.15) is 0 Å². The highest BCUT2D eigenvalue weighted by atomic mass is 79.9. The largest absolute Gasteiger partial charge is 0.351 e. The lowest BCUT2D eigenvalue weighted by molar-refractivity contribution is 0.101. The van der Waals surface area contributed by atoms with Crippen LogP contribution in [0.4, 0.5) is 16.3 Å². The first-order valence-corrected chi connectivity index (χ1v) is 11.3. The molecule has 0 bridgehead atoms. The van der Waals surface area contributed by atoms with Gasteiger partial charge in [-0.05, 0) is 49.4 Å². The van der Waals surface area contributed by atoms with E-state index in [4.69, 9.17) is 4.98 Å². The van der Waals surface area contributed by atoms with Gasteiger partial charge in [0, 0.05) is 48.1 Å². The number of rotatable bonds is 3. The molecule has 1 aliphatic rings. The van der Waals surface area contributed by atoms with Crippen molar-refractivity contribution in [2.24, 2.45) is 0 Å². The van der Waals surface area contributed by atoms with Gasteiger partial charge in [-0.3, -0.25) is 4.79 Å². The number of aromatic nitrogens is 2. The summed E-state index contributed by atoms with van der Waals surface area (Å²) >= 11 is 3.54. The van der Waals surface area contributed by atoms with E-state index in [0.717, 1.165) is 26.8 Å². The highest BCUT2D eigenvalue weighted by Crippen LogP contribution is 2.28. The van der Waals surface area contributed by atoms with Crippen molar-refractivity contribution >= 4 is 55.8 Å². The molecule has 1 fully saturated rings. The molecule has 2 aromatic carbocycles. The topological polar surface area (TPSA) is 70.0 Å². The van der Waals surface area contributed by atoms with Crippen LogP contribution in [0.15, 0.2) is 65.3 Å². The number of fused-ring (bicyclic) bond motifs is 3. The average molecular weight is 492 g/mol. The highest BCUT2D eigenvalue weighted by molar-refractivity contribution is 9.10. The van der Waals surface area contributed by atoms with E-state index in [9.17, 15) is 9.59 Å². The Kier molecular flexibility index (Phi) is 5.30. The molecule has 0 radical (unpaired) electrons. The van der Waals surface area contributed by atoms with Crippen LogP contribution in [-0.2, 0) is 0 Å². The standard InChI is InChI=1S/C24H22BrN5O2/c1-16(31)17-4-2-5-19(14-17)26-24(32)29-12-10-28(11-13-29)23-22-6-3-9-30(22)21-8-7-18(25)15-20(21)27-23/h2-9,14-15H,10-13H2,1H3,(H,26,32). The van der Waals surface area contributed by atoms with Gasteiger partial charge in [-0.15, -0.1) is 0 Å². The summed E-state index contributed by atoms with van der Waals surface area (Å²) in [6.45, 7) is 4.07. The van der Waals surface area contributed by atoms with Gasteiger partial charge in [0.25, 0.3) is 0 Å². The Morgan fingerprint density at radius 3 is 2.56 bits per heavy atom. The zero-order valence-electron chi connectivity index (χ0n) is 17.6. The second-order valence-electron chi connectivity index (χ2n) is 7.87. The maximum absolute atomic E-state index is 12.8. The van der Waals surface area contributed by atoms with Gasteiger partial charge in [-0.1, -0.05) is 28.1 Å². The molecule has 1 N–H and O–H groups in total. The number of ketones is 1. The normalized spacial score (nSPS) is 14.2. The van der Waals surface area contributed by atoms with Gasteiger partial charge in [-0.25, -0.2) is 9.78 Å². The van der Waals surface area contributed by atoms with Crippen molar-refractivity contribution in [1.82, 2.24) is 14.3 Å². The number of nitrogens with one attached hydrogen (secondary N) is 1. The molecular formula is C24H22BrN5O2. The van der Waals surface area contributed by atoms with Crippen molar-refractivity contribution in [1.29, 1.82) is 0 Å². The zero-order chi connectivity index (χ0) is 22.2. The summed E-state index contributed by atoms with van der Waals surface area (Å²) in [5, 5.41) is 2.91. The molecule has 1 aliphatic heterocycles. The Bertz CT molecular complexity index is 1340. The third kappa shape index (κ3) is 3.82. The molecule has 32 heavy (non-hydrogen) atoms. The van der Waals surface area contributed by atoms with Crippen LogP contribution >= 0.6 is 15.9 Å². The first kappa shape index (κ1) is 20.5. The molecule has 162 valence electrons. The van der Waals surface area contributed by atoms with Crippen molar-refractivity contribution in [2.45, 2.75) is 6.92 Å². The van der Waals surface area contributed by atoms with Gasteiger partial charge in [0.15, 0.2) is 11.6 Å². The van der Waals surface area contributed by atoms with E-state index < -0.39 is 0 Å². The minimum absolute atomic E-state index is 0.0266. The summed E-state index contributed by atoms with van der Waals surface area (Å²) < 4.78 is 3.15. The Balaban J connectivity index is 1.33. The molecule has 7 nitrogen and oxygen atoms in total. The SMILES string of the molecule is CC(=O)c1cccc(NC(=O)N2CCN(c3nc4cc(Br)ccc4n4cccc34)CC2)c1. The van der Waals surface area contributed by atoms with Crippen LogP contribution in [0.1, 0.15) is 17.3 Å². The van der Waals surface area contributed by atoms with Crippen molar-refractivity contribution in [3.8, 4) is 0 Å². The fourth-order valence-electron chi connectivity index (χ4n) is 4.11. The van der Waals surface area contributed by atoms with Gasteiger partial charge in [-0.2, -0.15) is 0 Å². The Labute approximate surface area is 193 Å². The van der Waals surface area contributed by atoms with Gasteiger partial charge >= 0.3 is 6.03 Å². The van der Waals surface area contributed by atoms with Crippen LogP contribution in [-0.4, -0.2) is 52.3 Å². The first-order valence-electron chi connectivity index (χ1n) is 10.5. The van der Waals surface area contributed by atoms with Crippen LogP contribution < -0.4 is 10.2 Å². The number of Topliss-reactive ketones (excluding diaryl/α,β-unsaturated/α-hetero) is 1. The van der Waals surface area contributed by atoms with E-state index in [1.807, 2.05) is 18.2 Å². The Morgan fingerprint density at radius 1 is 0.969 bits per heavy atom. The quantitative estimate of drug-likeness (QED) is 0.417. The van der Waals surface area contributed by atoms with Gasteiger partial charge < -0.3 is 19.5 Å². The van der Waals surface area contributed by atoms with Crippen molar-refractivity contribution in [3.05, 3.63) is 70.8 Å². The van der Waals surface area contributed by atoms with E-state index in [2.05, 4.69) is 48.9 Å². The fraction of sp³-hybridized carbons (Fsp3) is 0.208. The lowest BCUT2D eigenvalue weighted by atomic mass is 10.1. The van der Waals surface area contributed by atoms with Gasteiger partial charge in [0.05, 0.1) is 16.6 Å². The molecule has 0 atom stereocenters. The fourth-order valence-corrected chi connectivity index (χ4v) is 4.46. The molecule has 4 aromatic rings. The number of amides is 2. The molecule has 0 aliphatic carbocycles. The summed E-state index contributed by atoms with van der Waals surface area (Å²) in [6, 6.07) is 17.1. The smallest absolute Gasteiger partial charge is 0.321 e. The predicted molar refractivity (Wildman–Crippen MR) is 130 cm³/mol. The molecule has 2 aromatic heterocycles. The maximum atomic E-state index is 12.8. The van der Waals surface area contributed by atoms with Crippen LogP contribution in [0.3, 0.4) is 0 Å². The molecule has 0 spiro atoms. The van der Waals surface area contributed by atoms with Gasteiger partial charge in [0.2, 0.25) is 0 Å². The summed E-state index contributed by atoms with van der Waals surface area (Å²) in [7, 11) is 0. The number of hydrogen-bond acceptors (Lipinski definition) is 4. The molecule has 2 amide bonds. The molecular weight excluding hydrogens is 470 g/mol. The van der Waals surface area contributed by atoms with E-state index in [1.54, 1.807) is 29.2 Å². The minimum Gasteiger partial charge on any atom is -0.351 e. The molecule has 5 rings (SSSR count). The van der Waals surface area contributed by atoms with E-state index >= 15 is 0 Å². The van der Waals surface area contributed by atoms with Crippen molar-refractivity contribution < 1.29 is 9.59 Å². The Hall–Kier alpha value is -3.39. The number of carbonyl (C=O) groups is 2.